The number of hydrogen-bond donors (Lipinski definition) is 1. The number of hydrogen-bond acceptors (Lipinski definition) is 3. The molecule has 3 aromatic rings. The highest BCUT2D eigenvalue weighted by atomic mass is 35.5. The van der Waals surface area contributed by atoms with Gasteiger partial charge < -0.3 is 9.88 Å². The molecule has 138 valence electrons. The second-order valence-corrected chi connectivity index (χ2v) is 6.71. The molecule has 5 nitrogen and oxygen atoms in total. The molecule has 27 heavy (non-hydrogen) atoms. The van der Waals surface area contributed by atoms with E-state index in [0.717, 1.165) is 11.1 Å². The SMILES string of the molecule is CCN(Cc1nc2cc(Cl)ccc2c(=O)[nH]1)C(=O)/C=C\c1cccc(C)c1. The van der Waals surface area contributed by atoms with Crippen molar-refractivity contribution in [3.8, 4) is 0 Å². The summed E-state index contributed by atoms with van der Waals surface area (Å²) in [5.41, 5.74) is 2.37. The maximum absolute atomic E-state index is 12.5. The predicted octanol–water partition coefficient (Wildman–Crippen LogP) is 3.95. The average Bonchev–Trinajstić information content (AvgIpc) is 2.64. The van der Waals surface area contributed by atoms with Crippen LogP contribution < -0.4 is 5.56 Å². The summed E-state index contributed by atoms with van der Waals surface area (Å²) in [6, 6.07) is 12.8. The molecule has 3 rings (SSSR count). The molecule has 1 amide bonds. The third-order valence-electron chi connectivity index (χ3n) is 4.21. The third kappa shape index (κ3) is 4.63. The lowest BCUT2D eigenvalue weighted by Gasteiger charge is -2.18. The summed E-state index contributed by atoms with van der Waals surface area (Å²) in [5.74, 6) is 0.279. The molecule has 2 aromatic carbocycles. The fourth-order valence-corrected chi connectivity index (χ4v) is 2.98. The summed E-state index contributed by atoms with van der Waals surface area (Å²) in [5, 5.41) is 0.980. The van der Waals surface area contributed by atoms with Gasteiger partial charge in [-0.3, -0.25) is 9.59 Å². The van der Waals surface area contributed by atoms with E-state index in [1.807, 2.05) is 38.1 Å². The van der Waals surface area contributed by atoms with Crippen LogP contribution in [0.25, 0.3) is 17.0 Å². The van der Waals surface area contributed by atoms with Gasteiger partial charge in [-0.1, -0.05) is 41.4 Å². The van der Waals surface area contributed by atoms with Crippen molar-refractivity contribution >= 4 is 34.5 Å². The lowest BCUT2D eigenvalue weighted by Crippen LogP contribution is -2.30. The van der Waals surface area contributed by atoms with E-state index < -0.39 is 0 Å². The van der Waals surface area contributed by atoms with Gasteiger partial charge >= 0.3 is 0 Å². The Morgan fingerprint density at radius 2 is 2.07 bits per heavy atom. The van der Waals surface area contributed by atoms with Crippen LogP contribution in [0.2, 0.25) is 5.02 Å². The normalized spacial score (nSPS) is 11.2. The number of carbonyl (C=O) groups is 1. The quantitative estimate of drug-likeness (QED) is 0.680. The molecule has 0 spiro atoms. The molecule has 1 heterocycles. The molecule has 0 aliphatic heterocycles. The summed E-state index contributed by atoms with van der Waals surface area (Å²) >= 11 is 5.99. The molecule has 0 aliphatic carbocycles. The van der Waals surface area contributed by atoms with Crippen molar-refractivity contribution < 1.29 is 4.79 Å². The molecule has 0 aliphatic rings. The number of amides is 1. The van der Waals surface area contributed by atoms with Crippen LogP contribution in [-0.4, -0.2) is 27.3 Å². The van der Waals surface area contributed by atoms with Crippen LogP contribution in [0.5, 0.6) is 0 Å². The smallest absolute Gasteiger partial charge is 0.258 e. The Bertz CT molecular complexity index is 1070. The summed E-state index contributed by atoms with van der Waals surface area (Å²) < 4.78 is 0. The second kappa shape index (κ2) is 8.18. The standard InChI is InChI=1S/C21H20ClN3O2/c1-3-25(20(26)10-7-15-6-4-5-14(2)11-15)13-19-23-18-12-16(22)8-9-17(18)21(27)24-19/h4-12H,3,13H2,1-2H3,(H,23,24,27)/b10-7-. The van der Waals surface area contributed by atoms with Crippen molar-refractivity contribution in [1.82, 2.24) is 14.9 Å². The van der Waals surface area contributed by atoms with Crippen LogP contribution in [0.3, 0.4) is 0 Å². The minimum atomic E-state index is -0.245. The Kier molecular flexibility index (Phi) is 5.72. The van der Waals surface area contributed by atoms with Crippen LogP contribution in [0.4, 0.5) is 0 Å². The number of likely N-dealkylation sites (N-methyl/N-ethyl adjacent to an activating group) is 1. The van der Waals surface area contributed by atoms with Crippen molar-refractivity contribution in [3.63, 3.8) is 0 Å². The molecule has 6 heteroatoms. The van der Waals surface area contributed by atoms with Gasteiger partial charge in [0.15, 0.2) is 0 Å². The first-order valence-corrected chi connectivity index (χ1v) is 9.06. The van der Waals surface area contributed by atoms with Crippen LogP contribution in [0.1, 0.15) is 23.9 Å². The van der Waals surface area contributed by atoms with Crippen molar-refractivity contribution in [2.45, 2.75) is 20.4 Å². The number of aromatic nitrogens is 2. The van der Waals surface area contributed by atoms with Gasteiger partial charge in [-0.2, -0.15) is 0 Å². The first-order valence-electron chi connectivity index (χ1n) is 8.68. The predicted molar refractivity (Wildman–Crippen MR) is 109 cm³/mol. The Morgan fingerprint density at radius 3 is 2.81 bits per heavy atom. The summed E-state index contributed by atoms with van der Waals surface area (Å²) in [6.45, 7) is 4.60. The number of benzene rings is 2. The van der Waals surface area contributed by atoms with E-state index in [2.05, 4.69) is 9.97 Å². The van der Waals surface area contributed by atoms with Crippen molar-refractivity contribution in [2.24, 2.45) is 0 Å². The molecule has 0 bridgehead atoms. The maximum Gasteiger partial charge on any atom is 0.258 e. The van der Waals surface area contributed by atoms with Gasteiger partial charge in [-0.05, 0) is 43.7 Å². The van der Waals surface area contributed by atoms with E-state index in [0.29, 0.717) is 28.3 Å². The Labute approximate surface area is 162 Å². The van der Waals surface area contributed by atoms with Gasteiger partial charge in [0.2, 0.25) is 5.91 Å². The zero-order chi connectivity index (χ0) is 19.4. The van der Waals surface area contributed by atoms with Crippen LogP contribution >= 0.6 is 11.6 Å². The van der Waals surface area contributed by atoms with Gasteiger partial charge in [0.1, 0.15) is 5.82 Å². The molecule has 0 unspecified atom stereocenters. The van der Waals surface area contributed by atoms with Gasteiger partial charge in [-0.25, -0.2) is 4.98 Å². The number of fused-ring (bicyclic) bond motifs is 1. The topological polar surface area (TPSA) is 66.1 Å². The lowest BCUT2D eigenvalue weighted by atomic mass is 10.1. The van der Waals surface area contributed by atoms with E-state index in [1.165, 1.54) is 6.08 Å². The number of aryl methyl sites for hydroxylation is 1. The second-order valence-electron chi connectivity index (χ2n) is 6.27. The number of halogens is 1. The van der Waals surface area contributed by atoms with E-state index in [9.17, 15) is 9.59 Å². The summed E-state index contributed by atoms with van der Waals surface area (Å²) in [4.78, 5) is 33.6. The third-order valence-corrected chi connectivity index (χ3v) is 4.45. The van der Waals surface area contributed by atoms with Gasteiger partial charge in [0.05, 0.1) is 17.4 Å². The molecule has 1 N–H and O–H groups in total. The van der Waals surface area contributed by atoms with Crippen LogP contribution in [-0.2, 0) is 11.3 Å². The minimum absolute atomic E-state index is 0.146. The fourth-order valence-electron chi connectivity index (χ4n) is 2.81. The zero-order valence-electron chi connectivity index (χ0n) is 15.2. The monoisotopic (exact) mass is 381 g/mol. The highest BCUT2D eigenvalue weighted by Crippen LogP contribution is 2.15. The molecule has 0 fully saturated rings. The summed E-state index contributed by atoms with van der Waals surface area (Å²) in [7, 11) is 0. The largest absolute Gasteiger partial charge is 0.332 e. The highest BCUT2D eigenvalue weighted by Gasteiger charge is 2.12. The molecular formula is C21H20ClN3O2. The average molecular weight is 382 g/mol. The Hall–Kier alpha value is -2.92. The molecule has 0 atom stereocenters. The van der Waals surface area contributed by atoms with E-state index >= 15 is 0 Å². The fraction of sp³-hybridized carbons (Fsp3) is 0.190. The van der Waals surface area contributed by atoms with Crippen molar-refractivity contribution in [3.05, 3.63) is 80.9 Å². The van der Waals surface area contributed by atoms with E-state index in [4.69, 9.17) is 11.6 Å². The molecule has 0 saturated heterocycles. The number of rotatable bonds is 5. The van der Waals surface area contributed by atoms with E-state index in [1.54, 1.807) is 29.2 Å². The van der Waals surface area contributed by atoms with Crippen molar-refractivity contribution in [1.29, 1.82) is 0 Å². The van der Waals surface area contributed by atoms with Crippen LogP contribution in [0, 0.1) is 6.92 Å². The van der Waals surface area contributed by atoms with Gasteiger partial charge in [-0.15, -0.1) is 0 Å². The number of aromatic amines is 1. The van der Waals surface area contributed by atoms with Gasteiger partial charge in [0, 0.05) is 17.6 Å². The number of nitrogens with one attached hydrogen (secondary N) is 1. The number of H-pyrrole nitrogens is 1. The lowest BCUT2D eigenvalue weighted by molar-refractivity contribution is -0.126. The summed E-state index contributed by atoms with van der Waals surface area (Å²) in [6.07, 6.45) is 3.32. The molecule has 1 aromatic heterocycles. The first kappa shape index (κ1) is 18.9. The number of carbonyl (C=O) groups excluding carboxylic acids is 1. The van der Waals surface area contributed by atoms with E-state index in [-0.39, 0.29) is 18.0 Å². The minimum Gasteiger partial charge on any atom is -0.332 e. The van der Waals surface area contributed by atoms with Crippen LogP contribution in [0.15, 0.2) is 53.3 Å². The molecule has 0 saturated carbocycles. The first-order chi connectivity index (χ1) is 13.0. The zero-order valence-corrected chi connectivity index (χ0v) is 16.0. The molecular weight excluding hydrogens is 362 g/mol. The molecule has 0 radical (unpaired) electrons. The Morgan fingerprint density at radius 1 is 1.26 bits per heavy atom. The van der Waals surface area contributed by atoms with Gasteiger partial charge in [0.25, 0.3) is 5.56 Å². The Balaban J connectivity index is 1.81. The van der Waals surface area contributed by atoms with Crippen molar-refractivity contribution in [2.75, 3.05) is 6.54 Å². The maximum atomic E-state index is 12.5. The number of nitrogens with zero attached hydrogens (tertiary/aromatic N) is 2. The highest BCUT2D eigenvalue weighted by molar-refractivity contribution is 6.31.